The molecule has 1 aliphatic carbocycles. The number of rotatable bonds is 6. The van der Waals surface area contributed by atoms with Crippen molar-refractivity contribution in [2.24, 2.45) is 11.8 Å². The molecule has 1 saturated heterocycles. The lowest BCUT2D eigenvalue weighted by molar-refractivity contribution is -0.137. The Morgan fingerprint density at radius 3 is 2.55 bits per heavy atom. The van der Waals surface area contributed by atoms with Gasteiger partial charge in [0.25, 0.3) is 0 Å². The summed E-state index contributed by atoms with van der Waals surface area (Å²) in [6, 6.07) is 1.08. The Morgan fingerprint density at radius 1 is 1.18 bits per heavy atom. The maximum atomic E-state index is 12.4. The van der Waals surface area contributed by atoms with Crippen LogP contribution in [0.4, 0.5) is 0 Å². The molecule has 4 heteroatoms. The Labute approximate surface area is 135 Å². The zero-order valence-corrected chi connectivity index (χ0v) is 14.4. The topological polar surface area (TPSA) is 52.6 Å². The first-order valence-electron chi connectivity index (χ1n) is 9.25. The molecule has 2 aliphatic rings. The van der Waals surface area contributed by atoms with Gasteiger partial charge in [-0.3, -0.25) is 4.79 Å². The molecule has 0 bridgehead atoms. The average molecular weight is 310 g/mol. The predicted octanol–water partition coefficient (Wildman–Crippen LogP) is 2.55. The quantitative estimate of drug-likeness (QED) is 0.793. The number of hydrogen-bond acceptors (Lipinski definition) is 3. The third-order valence-corrected chi connectivity index (χ3v) is 5.19. The lowest BCUT2D eigenvalue weighted by Crippen LogP contribution is -2.54. The van der Waals surface area contributed by atoms with Gasteiger partial charge < -0.3 is 15.3 Å². The highest BCUT2D eigenvalue weighted by Gasteiger charge is 2.31. The Balaban J connectivity index is 1.93. The van der Waals surface area contributed by atoms with Crippen LogP contribution >= 0.6 is 0 Å². The van der Waals surface area contributed by atoms with E-state index in [-0.39, 0.29) is 18.4 Å². The van der Waals surface area contributed by atoms with Crippen molar-refractivity contribution in [1.29, 1.82) is 0 Å². The van der Waals surface area contributed by atoms with Crippen LogP contribution in [-0.2, 0) is 4.79 Å². The number of amides is 1. The van der Waals surface area contributed by atoms with Crippen molar-refractivity contribution >= 4 is 5.91 Å². The summed E-state index contributed by atoms with van der Waals surface area (Å²) in [5.41, 5.74) is 0. The van der Waals surface area contributed by atoms with E-state index in [0.717, 1.165) is 32.4 Å². The zero-order valence-electron chi connectivity index (χ0n) is 14.4. The number of carbonyl (C=O) groups is 1. The van der Waals surface area contributed by atoms with Crippen LogP contribution in [0.25, 0.3) is 0 Å². The smallest absolute Gasteiger partial charge is 0.225 e. The summed E-state index contributed by atoms with van der Waals surface area (Å²) >= 11 is 0. The van der Waals surface area contributed by atoms with E-state index in [4.69, 9.17) is 5.11 Å². The monoisotopic (exact) mass is 310 g/mol. The van der Waals surface area contributed by atoms with Crippen molar-refractivity contribution in [3.8, 4) is 0 Å². The van der Waals surface area contributed by atoms with Crippen LogP contribution < -0.4 is 5.32 Å². The van der Waals surface area contributed by atoms with Crippen molar-refractivity contribution < 1.29 is 9.90 Å². The van der Waals surface area contributed by atoms with Gasteiger partial charge in [-0.05, 0) is 38.0 Å². The van der Waals surface area contributed by atoms with Gasteiger partial charge in [-0.25, -0.2) is 0 Å². The lowest BCUT2D eigenvalue weighted by atomic mass is 9.88. The number of aliphatic hydroxyl groups excluding tert-OH is 1. The van der Waals surface area contributed by atoms with Crippen molar-refractivity contribution in [3.63, 3.8) is 0 Å². The summed E-state index contributed by atoms with van der Waals surface area (Å²) in [5, 5.41) is 12.9. The Morgan fingerprint density at radius 2 is 1.91 bits per heavy atom. The maximum Gasteiger partial charge on any atom is 0.225 e. The minimum Gasteiger partial charge on any atom is -0.396 e. The molecular weight excluding hydrogens is 276 g/mol. The van der Waals surface area contributed by atoms with Crippen LogP contribution in [0.15, 0.2) is 0 Å². The molecule has 128 valence electrons. The first-order chi connectivity index (χ1) is 10.6. The van der Waals surface area contributed by atoms with Crippen molar-refractivity contribution in [1.82, 2.24) is 10.2 Å². The van der Waals surface area contributed by atoms with E-state index in [9.17, 15) is 4.79 Å². The van der Waals surface area contributed by atoms with E-state index in [1.807, 2.05) is 13.8 Å². The molecule has 2 unspecified atom stereocenters. The number of nitrogens with zero attached hydrogens (tertiary/aromatic N) is 1. The van der Waals surface area contributed by atoms with E-state index in [0.29, 0.717) is 18.0 Å². The molecule has 0 radical (unpaired) electrons. The number of aliphatic hydroxyl groups is 1. The molecule has 1 aliphatic heterocycles. The minimum absolute atomic E-state index is 0.0759. The van der Waals surface area contributed by atoms with Crippen LogP contribution in [0.2, 0.25) is 0 Å². The molecule has 1 heterocycles. The SMILES string of the molecule is CC(C)C(=O)N1CC(CCCO)CC(NC2CCCCC2)C1. The van der Waals surface area contributed by atoms with Gasteiger partial charge in [0, 0.05) is 37.7 Å². The highest BCUT2D eigenvalue weighted by Crippen LogP contribution is 2.25. The van der Waals surface area contributed by atoms with E-state index in [1.54, 1.807) is 0 Å². The number of likely N-dealkylation sites (tertiary alicyclic amines) is 1. The summed E-state index contributed by atoms with van der Waals surface area (Å²) < 4.78 is 0. The van der Waals surface area contributed by atoms with E-state index < -0.39 is 0 Å². The fraction of sp³-hybridized carbons (Fsp3) is 0.944. The van der Waals surface area contributed by atoms with Crippen LogP contribution in [0, 0.1) is 11.8 Å². The largest absolute Gasteiger partial charge is 0.396 e. The van der Waals surface area contributed by atoms with Crippen LogP contribution in [-0.4, -0.2) is 47.7 Å². The molecule has 0 aromatic heterocycles. The molecule has 0 aromatic carbocycles. The Kier molecular flexibility index (Phi) is 7.16. The van der Waals surface area contributed by atoms with Gasteiger partial charge in [-0.15, -0.1) is 0 Å². The molecule has 22 heavy (non-hydrogen) atoms. The van der Waals surface area contributed by atoms with Gasteiger partial charge in [-0.1, -0.05) is 33.1 Å². The number of carbonyl (C=O) groups excluding carboxylic acids is 1. The van der Waals surface area contributed by atoms with Gasteiger partial charge in [0.2, 0.25) is 5.91 Å². The lowest BCUT2D eigenvalue weighted by Gasteiger charge is -2.41. The van der Waals surface area contributed by atoms with E-state index in [2.05, 4.69) is 10.2 Å². The predicted molar refractivity (Wildman–Crippen MR) is 89.6 cm³/mol. The summed E-state index contributed by atoms with van der Waals surface area (Å²) in [6.45, 7) is 5.98. The molecule has 1 amide bonds. The fourth-order valence-electron chi connectivity index (χ4n) is 4.06. The molecule has 1 saturated carbocycles. The number of piperidine rings is 1. The summed E-state index contributed by atoms with van der Waals surface area (Å²) in [5.74, 6) is 0.890. The third-order valence-electron chi connectivity index (χ3n) is 5.19. The first-order valence-corrected chi connectivity index (χ1v) is 9.25. The molecule has 2 atom stereocenters. The van der Waals surface area contributed by atoms with Gasteiger partial charge in [0.05, 0.1) is 0 Å². The highest BCUT2D eigenvalue weighted by atomic mass is 16.2. The Hall–Kier alpha value is -0.610. The van der Waals surface area contributed by atoms with Crippen molar-refractivity contribution in [2.75, 3.05) is 19.7 Å². The summed E-state index contributed by atoms with van der Waals surface area (Å²) in [7, 11) is 0. The van der Waals surface area contributed by atoms with Gasteiger partial charge in [0.1, 0.15) is 0 Å². The van der Waals surface area contributed by atoms with Gasteiger partial charge in [0.15, 0.2) is 0 Å². The number of nitrogens with one attached hydrogen (secondary N) is 1. The summed E-state index contributed by atoms with van der Waals surface area (Å²) in [4.78, 5) is 14.5. The summed E-state index contributed by atoms with van der Waals surface area (Å²) in [6.07, 6.45) is 9.66. The Bertz CT molecular complexity index is 340. The highest BCUT2D eigenvalue weighted by molar-refractivity contribution is 5.78. The molecule has 0 aromatic rings. The maximum absolute atomic E-state index is 12.4. The molecule has 2 rings (SSSR count). The standard InChI is InChI=1S/C18H34N2O2/c1-14(2)18(22)20-12-15(7-6-10-21)11-17(13-20)19-16-8-4-3-5-9-16/h14-17,19,21H,3-13H2,1-2H3. The van der Waals surface area contributed by atoms with E-state index in [1.165, 1.54) is 32.1 Å². The zero-order chi connectivity index (χ0) is 15.9. The second-order valence-corrected chi connectivity index (χ2v) is 7.56. The van der Waals surface area contributed by atoms with Crippen LogP contribution in [0.1, 0.15) is 65.2 Å². The van der Waals surface area contributed by atoms with Gasteiger partial charge in [-0.2, -0.15) is 0 Å². The van der Waals surface area contributed by atoms with Crippen molar-refractivity contribution in [2.45, 2.75) is 77.3 Å². The molecule has 2 fully saturated rings. The molecule has 4 nitrogen and oxygen atoms in total. The second kappa shape index (κ2) is 8.88. The van der Waals surface area contributed by atoms with Crippen LogP contribution in [0.3, 0.4) is 0 Å². The average Bonchev–Trinajstić information content (AvgIpc) is 2.52. The molecule has 2 N–H and O–H groups in total. The molecular formula is C18H34N2O2. The van der Waals surface area contributed by atoms with Gasteiger partial charge >= 0.3 is 0 Å². The third kappa shape index (κ3) is 5.24. The first kappa shape index (κ1) is 17.7. The fourth-order valence-corrected chi connectivity index (χ4v) is 4.06. The van der Waals surface area contributed by atoms with E-state index >= 15 is 0 Å². The normalized spacial score (nSPS) is 27.4. The second-order valence-electron chi connectivity index (χ2n) is 7.56. The van der Waals surface area contributed by atoms with Crippen LogP contribution in [0.5, 0.6) is 0 Å². The number of hydrogen-bond donors (Lipinski definition) is 2. The van der Waals surface area contributed by atoms with Crippen molar-refractivity contribution in [3.05, 3.63) is 0 Å². The molecule has 0 spiro atoms. The minimum atomic E-state index is 0.0759.